The predicted molar refractivity (Wildman–Crippen MR) is 117 cm³/mol. The van der Waals surface area contributed by atoms with Crippen LogP contribution >= 0.6 is 0 Å². The topological polar surface area (TPSA) is 88.2 Å². The van der Waals surface area contributed by atoms with Crippen LogP contribution in [0.3, 0.4) is 0 Å². The number of amides is 3. The molecule has 0 aliphatic carbocycles. The van der Waals surface area contributed by atoms with Gasteiger partial charge < -0.3 is 24.6 Å². The van der Waals surface area contributed by atoms with Crippen molar-refractivity contribution in [2.45, 2.75) is 26.3 Å². The van der Waals surface area contributed by atoms with Crippen LogP contribution in [0.2, 0.25) is 0 Å². The highest BCUT2D eigenvalue weighted by Gasteiger charge is 2.30. The van der Waals surface area contributed by atoms with Gasteiger partial charge in [0, 0.05) is 19.5 Å². The monoisotopic (exact) mass is 425 g/mol. The highest BCUT2D eigenvalue weighted by molar-refractivity contribution is 6.05. The maximum Gasteiger partial charge on any atom is 0.260 e. The van der Waals surface area contributed by atoms with Crippen molar-refractivity contribution in [1.82, 2.24) is 4.90 Å². The first-order valence-electron chi connectivity index (χ1n) is 10.2. The second kappa shape index (κ2) is 9.97. The number of likely N-dealkylation sites (N-methyl/N-ethyl adjacent to an activating group) is 1. The first-order valence-corrected chi connectivity index (χ1v) is 10.2. The molecule has 2 aromatic rings. The molecule has 3 amide bonds. The average molecular weight is 425 g/mol. The number of carbonyl (C=O) groups is 3. The number of nitrogens with one attached hydrogen (secondary N) is 1. The van der Waals surface area contributed by atoms with Crippen LogP contribution in [0.15, 0.2) is 48.5 Å². The lowest BCUT2D eigenvalue weighted by molar-refractivity contribution is -0.135. The Labute approximate surface area is 181 Å². The molecule has 1 N–H and O–H groups in total. The fourth-order valence-electron chi connectivity index (χ4n) is 3.39. The minimum absolute atomic E-state index is 0.127. The molecular weight excluding hydrogens is 398 g/mol. The van der Waals surface area contributed by atoms with E-state index in [4.69, 9.17) is 9.47 Å². The summed E-state index contributed by atoms with van der Waals surface area (Å²) in [5.41, 5.74) is 1.20. The molecule has 0 spiro atoms. The standard InChI is InChI=1S/C23H27N3O5/c1-4-30-17-9-11-18(12-10-17)31-15-23(29)25(3)14-22(28)26-16(2)13-21(27)24-19-7-5-6-8-20(19)26/h5-12,16H,4,13-15H2,1-3H3,(H,24,27)/t16-/m0/s1. The van der Waals surface area contributed by atoms with Crippen LogP contribution < -0.4 is 19.7 Å². The Kier molecular flexibility index (Phi) is 7.12. The van der Waals surface area contributed by atoms with Gasteiger partial charge in [0.2, 0.25) is 11.8 Å². The van der Waals surface area contributed by atoms with Crippen LogP contribution in [0.5, 0.6) is 11.5 Å². The Morgan fingerprint density at radius 3 is 2.42 bits per heavy atom. The van der Waals surface area contributed by atoms with Crippen molar-refractivity contribution in [2.24, 2.45) is 0 Å². The second-order valence-electron chi connectivity index (χ2n) is 7.33. The van der Waals surface area contributed by atoms with E-state index in [9.17, 15) is 14.4 Å². The van der Waals surface area contributed by atoms with Crippen molar-refractivity contribution in [3.63, 3.8) is 0 Å². The minimum atomic E-state index is -0.334. The number of para-hydroxylation sites is 2. The van der Waals surface area contributed by atoms with E-state index in [1.54, 1.807) is 54.4 Å². The molecule has 2 aromatic carbocycles. The Bertz CT molecular complexity index is 944. The first kappa shape index (κ1) is 22.1. The molecule has 1 atom stereocenters. The van der Waals surface area contributed by atoms with Crippen molar-refractivity contribution < 1.29 is 23.9 Å². The third kappa shape index (κ3) is 5.53. The van der Waals surface area contributed by atoms with Gasteiger partial charge in [-0.05, 0) is 50.2 Å². The summed E-state index contributed by atoms with van der Waals surface area (Å²) in [5.74, 6) is 0.517. The van der Waals surface area contributed by atoms with Gasteiger partial charge >= 0.3 is 0 Å². The smallest absolute Gasteiger partial charge is 0.260 e. The summed E-state index contributed by atoms with van der Waals surface area (Å²) < 4.78 is 10.9. The van der Waals surface area contributed by atoms with E-state index in [0.717, 1.165) is 5.75 Å². The maximum atomic E-state index is 13.1. The lowest BCUT2D eigenvalue weighted by Gasteiger charge is -2.29. The maximum absolute atomic E-state index is 13.1. The molecule has 3 rings (SSSR count). The summed E-state index contributed by atoms with van der Waals surface area (Å²) in [6.07, 6.45) is 0.179. The minimum Gasteiger partial charge on any atom is -0.494 e. The molecule has 0 saturated carbocycles. The average Bonchev–Trinajstić information content (AvgIpc) is 2.87. The van der Waals surface area contributed by atoms with Crippen LogP contribution in [0.25, 0.3) is 0 Å². The lowest BCUT2D eigenvalue weighted by Crippen LogP contribution is -2.46. The SMILES string of the molecule is CCOc1ccc(OCC(=O)N(C)CC(=O)N2c3ccccc3NC(=O)C[C@@H]2C)cc1. The molecule has 1 heterocycles. The van der Waals surface area contributed by atoms with Crippen LogP contribution in [0, 0.1) is 0 Å². The highest BCUT2D eigenvalue weighted by atomic mass is 16.5. The van der Waals surface area contributed by atoms with Crippen molar-refractivity contribution >= 4 is 29.1 Å². The van der Waals surface area contributed by atoms with E-state index in [0.29, 0.717) is 23.7 Å². The van der Waals surface area contributed by atoms with Gasteiger partial charge in [0.25, 0.3) is 5.91 Å². The van der Waals surface area contributed by atoms with Gasteiger partial charge in [-0.25, -0.2) is 0 Å². The third-order valence-electron chi connectivity index (χ3n) is 4.92. The quantitative estimate of drug-likeness (QED) is 0.737. The number of hydrogen-bond acceptors (Lipinski definition) is 5. The van der Waals surface area contributed by atoms with Gasteiger partial charge in [-0.15, -0.1) is 0 Å². The summed E-state index contributed by atoms with van der Waals surface area (Å²) in [4.78, 5) is 40.5. The van der Waals surface area contributed by atoms with Gasteiger partial charge in [-0.2, -0.15) is 0 Å². The molecular formula is C23H27N3O5. The first-order chi connectivity index (χ1) is 14.9. The number of fused-ring (bicyclic) bond motifs is 1. The lowest BCUT2D eigenvalue weighted by atomic mass is 10.1. The van der Waals surface area contributed by atoms with E-state index in [2.05, 4.69) is 5.32 Å². The molecule has 0 fully saturated rings. The van der Waals surface area contributed by atoms with Gasteiger partial charge in [0.1, 0.15) is 11.5 Å². The summed E-state index contributed by atoms with van der Waals surface area (Å²) in [6, 6.07) is 13.8. The molecule has 1 aliphatic heterocycles. The number of hydrogen-bond donors (Lipinski definition) is 1. The number of benzene rings is 2. The summed E-state index contributed by atoms with van der Waals surface area (Å²) in [7, 11) is 1.56. The molecule has 0 bridgehead atoms. The van der Waals surface area contributed by atoms with E-state index < -0.39 is 0 Å². The van der Waals surface area contributed by atoms with Crippen molar-refractivity contribution in [2.75, 3.05) is 37.0 Å². The second-order valence-corrected chi connectivity index (χ2v) is 7.33. The zero-order valence-electron chi connectivity index (χ0n) is 18.0. The van der Waals surface area contributed by atoms with Crippen LogP contribution in [-0.2, 0) is 14.4 Å². The Hall–Kier alpha value is -3.55. The molecule has 0 saturated heterocycles. The van der Waals surface area contributed by atoms with E-state index in [1.807, 2.05) is 19.9 Å². The van der Waals surface area contributed by atoms with E-state index >= 15 is 0 Å². The molecule has 0 unspecified atom stereocenters. The van der Waals surface area contributed by atoms with Crippen LogP contribution in [0.4, 0.5) is 11.4 Å². The van der Waals surface area contributed by atoms with Crippen molar-refractivity contribution in [3.05, 3.63) is 48.5 Å². The summed E-state index contributed by atoms with van der Waals surface area (Å²) >= 11 is 0. The van der Waals surface area contributed by atoms with Gasteiger partial charge in [0.15, 0.2) is 6.61 Å². The third-order valence-corrected chi connectivity index (χ3v) is 4.92. The molecule has 31 heavy (non-hydrogen) atoms. The fraction of sp³-hybridized carbons (Fsp3) is 0.348. The fourth-order valence-corrected chi connectivity index (χ4v) is 3.39. The van der Waals surface area contributed by atoms with Crippen molar-refractivity contribution in [3.8, 4) is 11.5 Å². The van der Waals surface area contributed by atoms with Gasteiger partial charge in [0.05, 0.1) is 24.5 Å². The van der Waals surface area contributed by atoms with Gasteiger partial charge in [-0.1, -0.05) is 12.1 Å². The number of ether oxygens (including phenoxy) is 2. The molecule has 8 heteroatoms. The normalized spacial score (nSPS) is 15.4. The number of anilines is 2. The highest BCUT2D eigenvalue weighted by Crippen LogP contribution is 2.31. The number of rotatable bonds is 7. The zero-order chi connectivity index (χ0) is 22.4. The van der Waals surface area contributed by atoms with Gasteiger partial charge in [-0.3, -0.25) is 14.4 Å². The predicted octanol–water partition coefficient (Wildman–Crippen LogP) is 2.69. The molecule has 1 aliphatic rings. The van der Waals surface area contributed by atoms with E-state index in [1.165, 1.54) is 4.90 Å². The largest absolute Gasteiger partial charge is 0.494 e. The summed E-state index contributed by atoms with van der Waals surface area (Å²) in [6.45, 7) is 3.97. The summed E-state index contributed by atoms with van der Waals surface area (Å²) in [5, 5.41) is 2.82. The number of nitrogens with zero attached hydrogens (tertiary/aromatic N) is 2. The number of carbonyl (C=O) groups excluding carboxylic acids is 3. The Balaban J connectivity index is 1.61. The molecule has 0 radical (unpaired) electrons. The van der Waals surface area contributed by atoms with E-state index in [-0.39, 0.29) is 43.3 Å². The van der Waals surface area contributed by atoms with Crippen LogP contribution in [0.1, 0.15) is 20.3 Å². The van der Waals surface area contributed by atoms with Crippen LogP contribution in [-0.4, -0.2) is 55.5 Å². The molecule has 164 valence electrons. The zero-order valence-corrected chi connectivity index (χ0v) is 18.0. The van der Waals surface area contributed by atoms with Crippen molar-refractivity contribution in [1.29, 1.82) is 0 Å². The molecule has 8 nitrogen and oxygen atoms in total. The Morgan fingerprint density at radius 1 is 1.10 bits per heavy atom. The molecule has 0 aromatic heterocycles. The Morgan fingerprint density at radius 2 is 1.74 bits per heavy atom.